The molecule has 0 aromatic heterocycles. The van der Waals surface area contributed by atoms with Gasteiger partial charge in [0.2, 0.25) is 0 Å². The first kappa shape index (κ1) is 25.7. The smallest absolute Gasteiger partial charge is 0.146 e. The Hall–Kier alpha value is -2.37. The van der Waals surface area contributed by atoms with Crippen LogP contribution in [0.1, 0.15) is 87.8 Å². The monoisotopic (exact) mass is 492 g/mol. The molecule has 0 saturated heterocycles. The first-order valence-corrected chi connectivity index (χ1v) is 13.6. The molecule has 1 fully saturated rings. The first-order chi connectivity index (χ1) is 17.0. The minimum Gasteiger partial charge on any atom is -0.205 e. The van der Waals surface area contributed by atoms with Crippen molar-refractivity contribution >= 4 is 22.4 Å². The van der Waals surface area contributed by atoms with E-state index in [9.17, 15) is 4.39 Å². The summed E-state index contributed by atoms with van der Waals surface area (Å²) < 4.78 is 28.7. The normalized spacial score (nSPS) is 17.8. The van der Waals surface area contributed by atoms with Crippen molar-refractivity contribution in [2.75, 3.05) is 0 Å². The molecule has 0 bridgehead atoms. The Morgan fingerprint density at radius 1 is 0.829 bits per heavy atom. The average Bonchev–Trinajstić information content (AvgIpc) is 2.87. The van der Waals surface area contributed by atoms with Gasteiger partial charge in [0, 0.05) is 10.9 Å². The lowest BCUT2D eigenvalue weighted by Crippen LogP contribution is -2.15. The van der Waals surface area contributed by atoms with Crippen molar-refractivity contribution in [3.8, 4) is 11.8 Å². The summed E-state index contributed by atoms with van der Waals surface area (Å²) in [5.74, 6) is 6.59. The van der Waals surface area contributed by atoms with Gasteiger partial charge in [-0.25, -0.2) is 8.78 Å². The van der Waals surface area contributed by atoms with E-state index in [-0.39, 0.29) is 10.8 Å². The molecule has 1 saturated carbocycles. The van der Waals surface area contributed by atoms with Crippen molar-refractivity contribution in [3.05, 3.63) is 81.9 Å². The van der Waals surface area contributed by atoms with Gasteiger partial charge in [-0.3, -0.25) is 0 Å². The lowest BCUT2D eigenvalue weighted by molar-refractivity contribution is 0.249. The predicted octanol–water partition coefficient (Wildman–Crippen LogP) is 9.88. The molecule has 0 nitrogen and oxygen atoms in total. The summed E-state index contributed by atoms with van der Waals surface area (Å²) in [7, 11) is 0. The van der Waals surface area contributed by atoms with Crippen molar-refractivity contribution in [2.45, 2.75) is 77.6 Å². The molecule has 0 heterocycles. The molecule has 1 aliphatic rings. The van der Waals surface area contributed by atoms with Crippen molar-refractivity contribution < 1.29 is 8.78 Å². The van der Waals surface area contributed by atoms with Crippen LogP contribution in [-0.2, 0) is 6.42 Å². The highest BCUT2D eigenvalue weighted by molar-refractivity contribution is 6.30. The van der Waals surface area contributed by atoms with Crippen LogP contribution in [-0.4, -0.2) is 0 Å². The van der Waals surface area contributed by atoms with Crippen LogP contribution in [0.2, 0.25) is 5.02 Å². The fourth-order valence-electron chi connectivity index (χ4n) is 5.35. The standard InChI is InChI=1S/C32H35ClF2/c1-2-3-4-5-6-23-7-9-24(10-8-23)11-12-25-14-19-29-28(21-25)18-17-27(32(29)35)16-13-26-15-20-30(33)31(34)22-26/h14-15,17-24H,2-12H2,1H3. The Labute approximate surface area is 214 Å². The number of fused-ring (bicyclic) bond motifs is 1. The maximum Gasteiger partial charge on any atom is 0.146 e. The van der Waals surface area contributed by atoms with Crippen LogP contribution < -0.4 is 0 Å². The minimum absolute atomic E-state index is 0.0497. The Kier molecular flexibility index (Phi) is 9.22. The lowest BCUT2D eigenvalue weighted by atomic mass is 9.77. The fourth-order valence-corrected chi connectivity index (χ4v) is 5.46. The van der Waals surface area contributed by atoms with E-state index >= 15 is 4.39 Å². The fraction of sp³-hybridized carbons (Fsp3) is 0.438. The van der Waals surface area contributed by atoms with Gasteiger partial charge >= 0.3 is 0 Å². The van der Waals surface area contributed by atoms with E-state index in [0.29, 0.717) is 16.5 Å². The molecule has 0 spiro atoms. The van der Waals surface area contributed by atoms with Gasteiger partial charge in [-0.1, -0.05) is 112 Å². The van der Waals surface area contributed by atoms with Crippen molar-refractivity contribution in [2.24, 2.45) is 11.8 Å². The molecule has 0 atom stereocenters. The Bertz CT molecular complexity index is 1200. The second-order valence-electron chi connectivity index (χ2n) is 10.1. The van der Waals surface area contributed by atoms with Crippen LogP contribution in [0.5, 0.6) is 0 Å². The highest BCUT2D eigenvalue weighted by Gasteiger charge is 2.20. The largest absolute Gasteiger partial charge is 0.205 e. The number of rotatable bonds is 8. The van der Waals surface area contributed by atoms with Crippen LogP contribution >= 0.6 is 11.6 Å². The van der Waals surface area contributed by atoms with Crippen LogP contribution in [0.15, 0.2) is 48.5 Å². The van der Waals surface area contributed by atoms with Gasteiger partial charge in [-0.15, -0.1) is 0 Å². The molecule has 3 aromatic carbocycles. The average molecular weight is 493 g/mol. The van der Waals surface area contributed by atoms with Crippen molar-refractivity contribution in [1.82, 2.24) is 0 Å². The molecular formula is C32H35ClF2. The van der Waals surface area contributed by atoms with Crippen molar-refractivity contribution in [3.63, 3.8) is 0 Å². The van der Waals surface area contributed by atoms with Gasteiger partial charge in [0.05, 0.1) is 10.6 Å². The number of aryl methyl sites for hydroxylation is 1. The molecular weight excluding hydrogens is 458 g/mol. The van der Waals surface area contributed by atoms with Gasteiger partial charge in [0.25, 0.3) is 0 Å². The summed E-state index contributed by atoms with van der Waals surface area (Å²) >= 11 is 5.72. The zero-order valence-corrected chi connectivity index (χ0v) is 21.4. The summed E-state index contributed by atoms with van der Waals surface area (Å²) in [6, 6.07) is 14.0. The SMILES string of the molecule is CCCCCCC1CCC(CCc2ccc3c(F)c(C#Cc4ccc(Cl)c(F)c4)ccc3c2)CC1. The summed E-state index contributed by atoms with van der Waals surface area (Å²) in [5, 5.41) is 1.53. The van der Waals surface area contributed by atoms with E-state index in [0.717, 1.165) is 23.6 Å². The van der Waals surface area contributed by atoms with E-state index in [1.165, 1.54) is 81.9 Å². The number of halogens is 3. The number of unbranched alkanes of at least 4 members (excludes halogenated alkanes) is 3. The molecule has 4 rings (SSSR count). The highest BCUT2D eigenvalue weighted by atomic mass is 35.5. The zero-order chi connectivity index (χ0) is 24.6. The summed E-state index contributed by atoms with van der Waals surface area (Å²) in [4.78, 5) is 0. The number of benzene rings is 3. The molecule has 3 heteroatoms. The Morgan fingerprint density at radius 3 is 2.34 bits per heavy atom. The van der Waals surface area contributed by atoms with E-state index in [1.54, 1.807) is 12.1 Å². The van der Waals surface area contributed by atoms with E-state index < -0.39 is 5.82 Å². The van der Waals surface area contributed by atoms with Gasteiger partial charge < -0.3 is 0 Å². The molecule has 184 valence electrons. The van der Waals surface area contributed by atoms with Crippen molar-refractivity contribution in [1.29, 1.82) is 0 Å². The quantitative estimate of drug-likeness (QED) is 0.217. The molecule has 0 unspecified atom stereocenters. The van der Waals surface area contributed by atoms with E-state index in [2.05, 4.69) is 30.9 Å². The van der Waals surface area contributed by atoms with E-state index in [4.69, 9.17) is 11.6 Å². The van der Waals surface area contributed by atoms with Crippen LogP contribution in [0.25, 0.3) is 10.8 Å². The molecule has 0 aliphatic heterocycles. The lowest BCUT2D eigenvalue weighted by Gasteiger charge is -2.28. The second-order valence-corrected chi connectivity index (χ2v) is 10.5. The Morgan fingerprint density at radius 2 is 1.60 bits per heavy atom. The highest BCUT2D eigenvalue weighted by Crippen LogP contribution is 2.34. The summed E-state index contributed by atoms with van der Waals surface area (Å²) in [6.07, 6.45) is 14.7. The van der Waals surface area contributed by atoms with Gasteiger partial charge in [0.15, 0.2) is 0 Å². The molecule has 35 heavy (non-hydrogen) atoms. The third-order valence-electron chi connectivity index (χ3n) is 7.55. The van der Waals surface area contributed by atoms with Gasteiger partial charge in [-0.2, -0.15) is 0 Å². The minimum atomic E-state index is -0.527. The van der Waals surface area contributed by atoms with Gasteiger partial charge in [-0.05, 0) is 59.9 Å². The van der Waals surface area contributed by atoms with Gasteiger partial charge in [0.1, 0.15) is 11.6 Å². The molecule has 3 aromatic rings. The van der Waals surface area contributed by atoms with Crippen LogP contribution in [0.3, 0.4) is 0 Å². The third-order valence-corrected chi connectivity index (χ3v) is 7.86. The molecule has 0 radical (unpaired) electrons. The maximum absolute atomic E-state index is 15.1. The second kappa shape index (κ2) is 12.5. The molecule has 0 N–H and O–H groups in total. The van der Waals surface area contributed by atoms with E-state index in [1.807, 2.05) is 12.1 Å². The molecule has 1 aliphatic carbocycles. The van der Waals surface area contributed by atoms with Crippen LogP contribution in [0, 0.1) is 35.3 Å². The number of hydrogen-bond acceptors (Lipinski definition) is 0. The third kappa shape index (κ3) is 7.08. The maximum atomic E-state index is 15.1. The summed E-state index contributed by atoms with van der Waals surface area (Å²) in [6.45, 7) is 2.28. The molecule has 0 amide bonds. The zero-order valence-electron chi connectivity index (χ0n) is 20.7. The predicted molar refractivity (Wildman–Crippen MR) is 144 cm³/mol. The van der Waals surface area contributed by atoms with Crippen LogP contribution in [0.4, 0.5) is 8.78 Å². The summed E-state index contributed by atoms with van der Waals surface area (Å²) in [5.41, 5.74) is 2.05. The first-order valence-electron chi connectivity index (χ1n) is 13.2. The number of hydrogen-bond donors (Lipinski definition) is 0. The topological polar surface area (TPSA) is 0 Å². The Balaban J connectivity index is 1.33.